The molecule has 10 heavy (non-hydrogen) atoms. The maximum absolute atomic E-state index is 5.25. The first-order valence-corrected chi connectivity index (χ1v) is 3.18. The van der Waals surface area contributed by atoms with Gasteiger partial charge in [0.2, 0.25) is 0 Å². The Balaban J connectivity index is 1.79. The van der Waals surface area contributed by atoms with Gasteiger partial charge in [0.1, 0.15) is 12.7 Å². The standard InChI is InChI=1S/C6H8N2O2/c1-5(2-8-7-1)9-3-6-4-10-6/h1-2,6H,3-4H2,(H,7,8). The topological polar surface area (TPSA) is 50.4 Å². The summed E-state index contributed by atoms with van der Waals surface area (Å²) in [5.41, 5.74) is 0. The van der Waals surface area contributed by atoms with E-state index in [9.17, 15) is 0 Å². The van der Waals surface area contributed by atoms with Gasteiger partial charge in [-0.2, -0.15) is 5.10 Å². The lowest BCUT2D eigenvalue weighted by Gasteiger charge is -1.96. The molecule has 1 fully saturated rings. The minimum absolute atomic E-state index is 0.315. The van der Waals surface area contributed by atoms with Crippen LogP contribution in [0, 0.1) is 0 Å². The maximum Gasteiger partial charge on any atom is 0.157 e. The molecule has 1 saturated heterocycles. The van der Waals surface area contributed by atoms with Gasteiger partial charge in [-0.1, -0.05) is 0 Å². The Morgan fingerprint density at radius 3 is 3.40 bits per heavy atom. The highest BCUT2D eigenvalue weighted by atomic mass is 16.6. The van der Waals surface area contributed by atoms with Gasteiger partial charge >= 0.3 is 0 Å². The number of epoxide rings is 1. The normalized spacial score (nSPS) is 22.6. The van der Waals surface area contributed by atoms with Crippen LogP contribution in [0.1, 0.15) is 0 Å². The molecule has 2 heterocycles. The van der Waals surface area contributed by atoms with Crippen LogP contribution in [0.4, 0.5) is 0 Å². The van der Waals surface area contributed by atoms with E-state index in [-0.39, 0.29) is 0 Å². The molecular formula is C6H8N2O2. The first kappa shape index (κ1) is 5.73. The Hall–Kier alpha value is -1.03. The first-order valence-electron chi connectivity index (χ1n) is 3.18. The van der Waals surface area contributed by atoms with Crippen molar-refractivity contribution < 1.29 is 9.47 Å². The van der Waals surface area contributed by atoms with Crippen LogP contribution in [0.2, 0.25) is 0 Å². The Labute approximate surface area is 58.1 Å². The highest BCUT2D eigenvalue weighted by Crippen LogP contribution is 2.12. The molecular weight excluding hydrogens is 132 g/mol. The predicted molar refractivity (Wildman–Crippen MR) is 33.8 cm³/mol. The van der Waals surface area contributed by atoms with Crippen LogP contribution in [0.15, 0.2) is 12.4 Å². The summed E-state index contributed by atoms with van der Waals surface area (Å²) in [5, 5.41) is 6.39. The smallest absolute Gasteiger partial charge is 0.157 e. The van der Waals surface area contributed by atoms with E-state index in [0.29, 0.717) is 12.7 Å². The highest BCUT2D eigenvalue weighted by Gasteiger charge is 2.22. The summed E-state index contributed by atoms with van der Waals surface area (Å²) in [6.07, 6.45) is 3.67. The number of rotatable bonds is 3. The van der Waals surface area contributed by atoms with Gasteiger partial charge < -0.3 is 9.47 Å². The monoisotopic (exact) mass is 140 g/mol. The van der Waals surface area contributed by atoms with E-state index in [1.807, 2.05) is 0 Å². The fourth-order valence-electron chi connectivity index (χ4n) is 0.671. The Kier molecular flexibility index (Phi) is 1.32. The summed E-state index contributed by atoms with van der Waals surface area (Å²) in [6, 6.07) is 0. The fraction of sp³-hybridized carbons (Fsp3) is 0.500. The second kappa shape index (κ2) is 2.30. The average molecular weight is 140 g/mol. The molecule has 1 N–H and O–H groups in total. The van der Waals surface area contributed by atoms with Crippen LogP contribution >= 0.6 is 0 Å². The van der Waals surface area contributed by atoms with Crippen molar-refractivity contribution in [1.29, 1.82) is 0 Å². The van der Waals surface area contributed by atoms with Gasteiger partial charge in [-0.25, -0.2) is 0 Å². The highest BCUT2D eigenvalue weighted by molar-refractivity contribution is 5.10. The summed E-state index contributed by atoms with van der Waals surface area (Å²) >= 11 is 0. The van der Waals surface area contributed by atoms with E-state index >= 15 is 0 Å². The van der Waals surface area contributed by atoms with Crippen LogP contribution in [-0.4, -0.2) is 29.5 Å². The third-order valence-electron chi connectivity index (χ3n) is 1.31. The molecule has 4 heteroatoms. The second-order valence-corrected chi connectivity index (χ2v) is 2.20. The number of ether oxygens (including phenoxy) is 2. The number of H-pyrrole nitrogens is 1. The van der Waals surface area contributed by atoms with E-state index in [2.05, 4.69) is 10.2 Å². The van der Waals surface area contributed by atoms with E-state index < -0.39 is 0 Å². The molecule has 1 unspecified atom stereocenters. The number of hydrogen-bond donors (Lipinski definition) is 1. The van der Waals surface area contributed by atoms with Gasteiger partial charge in [-0.3, -0.25) is 5.10 Å². The molecule has 0 amide bonds. The minimum Gasteiger partial charge on any atom is -0.488 e. The molecule has 0 bridgehead atoms. The van der Waals surface area contributed by atoms with Crippen LogP contribution in [0.3, 0.4) is 0 Å². The van der Waals surface area contributed by atoms with E-state index in [4.69, 9.17) is 9.47 Å². The Bertz CT molecular complexity index is 194. The molecule has 1 atom stereocenters. The Morgan fingerprint density at radius 1 is 1.90 bits per heavy atom. The van der Waals surface area contributed by atoms with Crippen LogP contribution in [0.5, 0.6) is 5.75 Å². The number of aromatic nitrogens is 2. The van der Waals surface area contributed by atoms with Gasteiger partial charge in [-0.05, 0) is 0 Å². The maximum atomic E-state index is 5.25. The van der Waals surface area contributed by atoms with E-state index in [1.165, 1.54) is 0 Å². The number of hydrogen-bond acceptors (Lipinski definition) is 3. The zero-order valence-electron chi connectivity index (χ0n) is 5.41. The summed E-state index contributed by atoms with van der Waals surface area (Å²) < 4.78 is 10.2. The quantitative estimate of drug-likeness (QED) is 0.609. The largest absolute Gasteiger partial charge is 0.488 e. The van der Waals surface area contributed by atoms with Crippen molar-refractivity contribution >= 4 is 0 Å². The molecule has 1 aromatic heterocycles. The van der Waals surface area contributed by atoms with Crippen molar-refractivity contribution in [1.82, 2.24) is 10.2 Å². The lowest BCUT2D eigenvalue weighted by Crippen LogP contribution is -2.02. The van der Waals surface area contributed by atoms with Gasteiger partial charge in [0.25, 0.3) is 0 Å². The van der Waals surface area contributed by atoms with Gasteiger partial charge in [0, 0.05) is 0 Å². The average Bonchev–Trinajstić information content (AvgIpc) is 2.63. The molecule has 0 saturated carbocycles. The first-order chi connectivity index (χ1) is 4.95. The lowest BCUT2D eigenvalue weighted by atomic mass is 10.5. The Morgan fingerprint density at radius 2 is 2.80 bits per heavy atom. The molecule has 1 aromatic rings. The molecule has 1 aliphatic rings. The zero-order chi connectivity index (χ0) is 6.81. The van der Waals surface area contributed by atoms with Crippen molar-refractivity contribution in [3.05, 3.63) is 12.4 Å². The van der Waals surface area contributed by atoms with Gasteiger partial charge in [0.15, 0.2) is 5.75 Å². The number of nitrogens with zero attached hydrogens (tertiary/aromatic N) is 1. The van der Waals surface area contributed by atoms with Crippen molar-refractivity contribution in [3.8, 4) is 5.75 Å². The summed E-state index contributed by atoms with van der Waals surface area (Å²) in [6.45, 7) is 1.47. The van der Waals surface area contributed by atoms with Gasteiger partial charge in [0.05, 0.1) is 19.0 Å². The van der Waals surface area contributed by atoms with Gasteiger partial charge in [-0.15, -0.1) is 0 Å². The molecule has 0 aliphatic carbocycles. The predicted octanol–water partition coefficient (Wildman–Crippen LogP) is 0.187. The summed E-state index contributed by atoms with van der Waals surface area (Å²) in [5.74, 6) is 0.774. The third-order valence-corrected chi connectivity index (χ3v) is 1.31. The van der Waals surface area contributed by atoms with Crippen LogP contribution < -0.4 is 4.74 Å². The van der Waals surface area contributed by atoms with E-state index in [1.54, 1.807) is 12.4 Å². The fourth-order valence-corrected chi connectivity index (χ4v) is 0.671. The zero-order valence-corrected chi connectivity index (χ0v) is 5.41. The SMILES string of the molecule is c1n[nH]cc1OCC1CO1. The number of nitrogens with one attached hydrogen (secondary N) is 1. The molecule has 0 radical (unpaired) electrons. The lowest BCUT2D eigenvalue weighted by molar-refractivity contribution is 0.263. The second-order valence-electron chi connectivity index (χ2n) is 2.20. The summed E-state index contributed by atoms with van der Waals surface area (Å²) in [7, 11) is 0. The molecule has 1 aliphatic heterocycles. The van der Waals surface area contributed by atoms with Crippen molar-refractivity contribution in [2.24, 2.45) is 0 Å². The van der Waals surface area contributed by atoms with Crippen molar-refractivity contribution in [2.75, 3.05) is 13.2 Å². The van der Waals surface area contributed by atoms with Crippen LogP contribution in [0.25, 0.3) is 0 Å². The molecule has 54 valence electrons. The molecule has 0 aromatic carbocycles. The minimum atomic E-state index is 0.315. The number of aromatic amines is 1. The van der Waals surface area contributed by atoms with Crippen LogP contribution in [-0.2, 0) is 4.74 Å². The van der Waals surface area contributed by atoms with Crippen molar-refractivity contribution in [2.45, 2.75) is 6.10 Å². The van der Waals surface area contributed by atoms with Crippen molar-refractivity contribution in [3.63, 3.8) is 0 Å². The third kappa shape index (κ3) is 1.27. The molecule has 4 nitrogen and oxygen atoms in total. The molecule has 0 spiro atoms. The summed E-state index contributed by atoms with van der Waals surface area (Å²) in [4.78, 5) is 0. The molecule has 2 rings (SSSR count). The van der Waals surface area contributed by atoms with E-state index in [0.717, 1.165) is 12.4 Å².